The van der Waals surface area contributed by atoms with E-state index in [1.54, 1.807) is 6.07 Å². The molecule has 0 bridgehead atoms. The number of carbonyl (C=O) groups excluding carboxylic acids is 1. The molecule has 1 aliphatic rings. The van der Waals surface area contributed by atoms with Crippen LogP contribution in [0.4, 0.5) is 29.3 Å². The van der Waals surface area contributed by atoms with E-state index in [-0.39, 0.29) is 22.8 Å². The van der Waals surface area contributed by atoms with Gasteiger partial charge in [0.05, 0.1) is 29.8 Å². The number of nitrogens with zero attached hydrogens (tertiary/aromatic N) is 4. The third-order valence-electron chi connectivity index (χ3n) is 4.91. The molecule has 1 heterocycles. The van der Waals surface area contributed by atoms with Crippen LogP contribution in [0.15, 0.2) is 53.9 Å². The second kappa shape index (κ2) is 7.45. The molecular formula is C21H16F3N5O. The largest absolute Gasteiger partial charge is 0.416 e. The van der Waals surface area contributed by atoms with Gasteiger partial charge in [-0.05, 0) is 42.8 Å². The molecule has 0 radical (unpaired) electrons. The molecule has 0 saturated heterocycles. The highest BCUT2D eigenvalue weighted by Gasteiger charge is 2.40. The van der Waals surface area contributed by atoms with Crippen LogP contribution in [0.5, 0.6) is 0 Å². The van der Waals surface area contributed by atoms with E-state index >= 15 is 0 Å². The van der Waals surface area contributed by atoms with Crippen LogP contribution in [-0.4, -0.2) is 18.0 Å². The number of benzene rings is 2. The molecular weight excluding hydrogens is 395 g/mol. The van der Waals surface area contributed by atoms with Crippen molar-refractivity contribution in [3.05, 3.63) is 82.0 Å². The van der Waals surface area contributed by atoms with E-state index in [2.05, 4.69) is 4.85 Å². The summed E-state index contributed by atoms with van der Waals surface area (Å²) >= 11 is 0. The fourth-order valence-corrected chi connectivity index (χ4v) is 3.42. The Morgan fingerprint density at radius 3 is 2.50 bits per heavy atom. The van der Waals surface area contributed by atoms with E-state index in [0.29, 0.717) is 11.1 Å². The second-order valence-corrected chi connectivity index (χ2v) is 6.72. The van der Waals surface area contributed by atoms with E-state index in [1.165, 1.54) is 43.1 Å². The van der Waals surface area contributed by atoms with Gasteiger partial charge in [0.1, 0.15) is 0 Å². The second-order valence-electron chi connectivity index (χ2n) is 6.72. The van der Waals surface area contributed by atoms with Crippen LogP contribution >= 0.6 is 0 Å². The topological polar surface area (TPSA) is 77.7 Å². The predicted molar refractivity (Wildman–Crippen MR) is 105 cm³/mol. The third kappa shape index (κ3) is 3.42. The van der Waals surface area contributed by atoms with E-state index < -0.39 is 23.8 Å². The molecule has 0 aliphatic carbocycles. The number of allylic oxidation sites excluding steroid dienone is 1. The smallest absolute Gasteiger partial charge is 0.398 e. The molecule has 30 heavy (non-hydrogen) atoms. The van der Waals surface area contributed by atoms with Gasteiger partial charge in [-0.15, -0.1) is 0 Å². The summed E-state index contributed by atoms with van der Waals surface area (Å²) in [4.78, 5) is 19.0. The molecule has 0 spiro atoms. The molecule has 3 rings (SSSR count). The minimum atomic E-state index is -4.57. The Morgan fingerprint density at radius 1 is 1.23 bits per heavy atom. The lowest BCUT2D eigenvalue weighted by Crippen LogP contribution is -2.47. The molecule has 2 aromatic rings. The number of rotatable bonds is 2. The van der Waals surface area contributed by atoms with Crippen LogP contribution < -0.4 is 10.6 Å². The van der Waals surface area contributed by atoms with E-state index in [1.807, 2.05) is 6.07 Å². The molecule has 6 nitrogen and oxygen atoms in total. The lowest BCUT2D eigenvalue weighted by atomic mass is 9.96. The molecule has 152 valence electrons. The van der Waals surface area contributed by atoms with Crippen LogP contribution in [-0.2, 0) is 6.18 Å². The van der Waals surface area contributed by atoms with Crippen molar-refractivity contribution in [1.29, 1.82) is 5.26 Å². The Balaban J connectivity index is 2.16. The van der Waals surface area contributed by atoms with Crippen molar-refractivity contribution in [2.24, 2.45) is 0 Å². The van der Waals surface area contributed by atoms with Gasteiger partial charge in [0.15, 0.2) is 0 Å². The Morgan fingerprint density at radius 2 is 1.93 bits per heavy atom. The zero-order chi connectivity index (χ0) is 22.2. The standard InChI is InChI=1S/C21H16F3N5O/c1-12-18(27-2)19(16-8-7-13(11-25)9-17(16)26)28(3)20(30)29(12)15-6-4-5-14(10-15)21(22,23)24/h4-10,19H,26H2,1,3H3/t19-/m1/s1. The van der Waals surface area contributed by atoms with Gasteiger partial charge in [-0.3, -0.25) is 4.90 Å². The fourth-order valence-electron chi connectivity index (χ4n) is 3.42. The first-order valence-electron chi connectivity index (χ1n) is 8.72. The van der Waals surface area contributed by atoms with E-state index in [9.17, 15) is 18.0 Å². The predicted octanol–water partition coefficient (Wildman–Crippen LogP) is 4.92. The van der Waals surface area contributed by atoms with Gasteiger partial charge < -0.3 is 10.6 Å². The number of urea groups is 1. The number of amides is 2. The highest BCUT2D eigenvalue weighted by atomic mass is 19.4. The molecule has 2 N–H and O–H groups in total. The maximum Gasteiger partial charge on any atom is 0.416 e. The number of hydrogen-bond acceptors (Lipinski definition) is 3. The highest BCUT2D eigenvalue weighted by molar-refractivity contribution is 5.97. The van der Waals surface area contributed by atoms with Crippen molar-refractivity contribution in [3.63, 3.8) is 0 Å². The summed E-state index contributed by atoms with van der Waals surface area (Å²) in [5.74, 6) is 0. The maximum atomic E-state index is 13.1. The molecule has 2 aromatic carbocycles. The minimum absolute atomic E-state index is 0.00609. The number of nitrogens with two attached hydrogens (primary N) is 1. The van der Waals surface area contributed by atoms with Crippen molar-refractivity contribution in [2.75, 3.05) is 17.7 Å². The molecule has 9 heteroatoms. The molecule has 1 aliphatic heterocycles. The number of nitriles is 1. The van der Waals surface area contributed by atoms with Crippen molar-refractivity contribution in [1.82, 2.24) is 4.90 Å². The van der Waals surface area contributed by atoms with Gasteiger partial charge in [-0.1, -0.05) is 12.1 Å². The van der Waals surface area contributed by atoms with E-state index in [4.69, 9.17) is 17.6 Å². The number of hydrogen-bond donors (Lipinski definition) is 1. The van der Waals surface area contributed by atoms with Gasteiger partial charge in [0.2, 0.25) is 5.70 Å². The zero-order valence-electron chi connectivity index (χ0n) is 16.0. The van der Waals surface area contributed by atoms with Crippen molar-refractivity contribution >= 4 is 17.4 Å². The summed E-state index contributed by atoms with van der Waals surface area (Å²) in [6, 6.07) is 9.45. The first-order valence-corrected chi connectivity index (χ1v) is 8.72. The van der Waals surface area contributed by atoms with E-state index in [0.717, 1.165) is 17.0 Å². The number of anilines is 2. The van der Waals surface area contributed by atoms with Crippen molar-refractivity contribution in [2.45, 2.75) is 19.1 Å². The summed E-state index contributed by atoms with van der Waals surface area (Å²) in [5.41, 5.74) is 6.54. The Labute approximate surface area is 171 Å². The normalized spacial score (nSPS) is 17.0. The highest BCUT2D eigenvalue weighted by Crippen LogP contribution is 2.41. The molecule has 0 aromatic heterocycles. The van der Waals surface area contributed by atoms with Gasteiger partial charge in [-0.2, -0.15) is 18.4 Å². The summed E-state index contributed by atoms with van der Waals surface area (Å²) in [5, 5.41) is 9.02. The first kappa shape index (κ1) is 20.7. The van der Waals surface area contributed by atoms with Crippen molar-refractivity contribution in [3.8, 4) is 6.07 Å². The average molecular weight is 411 g/mol. The fraction of sp³-hybridized carbons (Fsp3) is 0.190. The summed E-state index contributed by atoms with van der Waals surface area (Å²) in [6.45, 7) is 9.14. The lowest BCUT2D eigenvalue weighted by Gasteiger charge is -2.40. The third-order valence-corrected chi connectivity index (χ3v) is 4.91. The van der Waals surface area contributed by atoms with Crippen LogP contribution in [0, 0.1) is 17.9 Å². The quantitative estimate of drug-likeness (QED) is 0.563. The van der Waals surface area contributed by atoms with Gasteiger partial charge in [-0.25, -0.2) is 9.64 Å². The van der Waals surface area contributed by atoms with Gasteiger partial charge in [0.25, 0.3) is 0 Å². The molecule has 0 unspecified atom stereocenters. The maximum absolute atomic E-state index is 13.1. The molecule has 1 atom stereocenters. The van der Waals surface area contributed by atoms with Gasteiger partial charge in [0, 0.05) is 24.1 Å². The molecule has 0 saturated carbocycles. The summed E-state index contributed by atoms with van der Waals surface area (Å²) < 4.78 is 39.4. The SMILES string of the molecule is [C-]#[N+]C1=C(C)N(c2cccc(C(F)(F)F)c2)C(=O)N(C)[C@@H]1c1ccc(C#N)cc1N. The average Bonchev–Trinajstić information content (AvgIpc) is 2.70. The number of nitrogen functional groups attached to an aromatic ring is 1. The first-order chi connectivity index (χ1) is 14.1. The molecule has 2 amide bonds. The monoisotopic (exact) mass is 411 g/mol. The van der Waals surface area contributed by atoms with Crippen LogP contribution in [0.3, 0.4) is 0 Å². The lowest BCUT2D eigenvalue weighted by molar-refractivity contribution is -0.137. The Kier molecular flexibility index (Phi) is 5.15. The summed E-state index contributed by atoms with van der Waals surface area (Å²) in [6.07, 6.45) is -4.57. The number of alkyl halides is 3. The molecule has 0 fully saturated rings. The number of halogens is 3. The van der Waals surface area contributed by atoms with Gasteiger partial charge >= 0.3 is 12.2 Å². The Hall–Kier alpha value is -3.98. The van der Waals surface area contributed by atoms with Crippen molar-refractivity contribution < 1.29 is 18.0 Å². The minimum Gasteiger partial charge on any atom is -0.398 e. The Bertz CT molecular complexity index is 1140. The van der Waals surface area contributed by atoms with Crippen LogP contribution in [0.1, 0.15) is 29.7 Å². The number of carbonyl (C=O) groups is 1. The summed E-state index contributed by atoms with van der Waals surface area (Å²) in [7, 11) is 1.45. The number of likely N-dealkylation sites (N-methyl/N-ethyl adjacent to an activating group) is 1. The van der Waals surface area contributed by atoms with Crippen LogP contribution in [0.25, 0.3) is 4.85 Å². The zero-order valence-corrected chi connectivity index (χ0v) is 16.0. The van der Waals surface area contributed by atoms with Crippen LogP contribution in [0.2, 0.25) is 0 Å².